The van der Waals surface area contributed by atoms with Crippen molar-refractivity contribution in [2.75, 3.05) is 19.8 Å². The number of carbonyl (C=O) groups is 1. The Bertz CT molecular complexity index is 725. The highest BCUT2D eigenvalue weighted by atomic mass is 32.1. The van der Waals surface area contributed by atoms with Crippen LogP contribution in [0.4, 0.5) is 13.2 Å². The van der Waals surface area contributed by atoms with Crippen LogP contribution in [0.25, 0.3) is 0 Å². The van der Waals surface area contributed by atoms with E-state index in [4.69, 9.17) is 4.74 Å². The van der Waals surface area contributed by atoms with E-state index in [0.29, 0.717) is 39.0 Å². The highest BCUT2D eigenvalue weighted by Gasteiger charge is 2.37. The van der Waals surface area contributed by atoms with Crippen LogP contribution in [0.15, 0.2) is 41.8 Å². The topological polar surface area (TPSA) is 29.5 Å². The summed E-state index contributed by atoms with van der Waals surface area (Å²) in [4.78, 5) is 15.8. The average Bonchev–Trinajstić information content (AvgIpc) is 3.15. The van der Waals surface area contributed by atoms with Crippen LogP contribution in [-0.4, -0.2) is 36.6 Å². The van der Waals surface area contributed by atoms with Gasteiger partial charge in [-0.15, -0.1) is 11.3 Å². The molecule has 1 amide bonds. The van der Waals surface area contributed by atoms with Crippen molar-refractivity contribution in [3.05, 3.63) is 57.8 Å². The van der Waals surface area contributed by atoms with Gasteiger partial charge in [-0.1, -0.05) is 18.2 Å². The fraction of sp³-hybridized carbons (Fsp3) is 0.421. The number of ether oxygens (including phenoxy) is 1. The van der Waals surface area contributed by atoms with E-state index in [0.717, 1.165) is 10.9 Å². The maximum atomic E-state index is 13.3. The lowest BCUT2D eigenvalue weighted by Crippen LogP contribution is -2.45. The van der Waals surface area contributed by atoms with Crippen LogP contribution in [0, 0.1) is 0 Å². The average molecular weight is 383 g/mol. The first-order valence-corrected chi connectivity index (χ1v) is 9.42. The molecular weight excluding hydrogens is 363 g/mol. The van der Waals surface area contributed by atoms with E-state index < -0.39 is 17.6 Å². The van der Waals surface area contributed by atoms with Gasteiger partial charge < -0.3 is 9.64 Å². The van der Waals surface area contributed by atoms with Crippen molar-refractivity contribution < 1.29 is 22.7 Å². The Labute approximate surface area is 154 Å². The lowest BCUT2D eigenvalue weighted by molar-refractivity contribution is -0.138. The van der Waals surface area contributed by atoms with E-state index in [9.17, 15) is 18.0 Å². The normalized spacial score (nSPS) is 15.8. The Hall–Kier alpha value is -1.86. The number of nitrogens with zero attached hydrogens (tertiary/aromatic N) is 1. The molecule has 0 N–H and O–H groups in total. The third-order valence-corrected chi connectivity index (χ3v) is 5.47. The highest BCUT2D eigenvalue weighted by Crippen LogP contribution is 2.33. The smallest absolute Gasteiger partial charge is 0.381 e. The molecule has 0 aliphatic carbocycles. The van der Waals surface area contributed by atoms with Gasteiger partial charge in [-0.2, -0.15) is 13.2 Å². The molecule has 1 fully saturated rings. The summed E-state index contributed by atoms with van der Waals surface area (Å²) < 4.78 is 45.4. The van der Waals surface area contributed by atoms with Gasteiger partial charge in [0, 0.05) is 30.7 Å². The largest absolute Gasteiger partial charge is 0.417 e. The number of rotatable bonds is 5. The van der Waals surface area contributed by atoms with Crippen LogP contribution >= 0.6 is 11.3 Å². The van der Waals surface area contributed by atoms with Crippen LogP contribution in [0.1, 0.15) is 33.6 Å². The number of benzene rings is 1. The summed E-state index contributed by atoms with van der Waals surface area (Å²) in [7, 11) is 0. The van der Waals surface area contributed by atoms with Crippen molar-refractivity contribution in [1.82, 2.24) is 4.90 Å². The molecule has 0 atom stereocenters. The summed E-state index contributed by atoms with van der Waals surface area (Å²) in [6.07, 6.45) is -2.63. The second-order valence-corrected chi connectivity index (χ2v) is 7.25. The SMILES string of the molecule is O=C(c1ccccc1C(F)(F)F)N(CCc1cccs1)C1CCOCC1. The first kappa shape index (κ1) is 18.9. The third kappa shape index (κ3) is 4.45. The summed E-state index contributed by atoms with van der Waals surface area (Å²) in [6, 6.07) is 8.82. The summed E-state index contributed by atoms with van der Waals surface area (Å²) >= 11 is 1.58. The second-order valence-electron chi connectivity index (χ2n) is 6.21. The zero-order chi connectivity index (χ0) is 18.6. The Morgan fingerprint density at radius 2 is 1.88 bits per heavy atom. The zero-order valence-electron chi connectivity index (χ0n) is 14.2. The van der Waals surface area contributed by atoms with Crippen molar-refractivity contribution in [3.63, 3.8) is 0 Å². The predicted octanol–water partition coefficient (Wildman–Crippen LogP) is 4.63. The molecule has 1 saturated heterocycles. The van der Waals surface area contributed by atoms with Gasteiger partial charge in [0.25, 0.3) is 5.91 Å². The monoisotopic (exact) mass is 383 g/mol. The van der Waals surface area contributed by atoms with Crippen molar-refractivity contribution in [3.8, 4) is 0 Å². The van der Waals surface area contributed by atoms with E-state index in [-0.39, 0.29) is 11.6 Å². The quantitative estimate of drug-likeness (QED) is 0.753. The minimum absolute atomic E-state index is 0.0995. The minimum Gasteiger partial charge on any atom is -0.381 e. The van der Waals surface area contributed by atoms with Gasteiger partial charge in [0.05, 0.1) is 11.1 Å². The number of amides is 1. The predicted molar refractivity (Wildman–Crippen MR) is 94.3 cm³/mol. The van der Waals surface area contributed by atoms with Crippen LogP contribution in [-0.2, 0) is 17.3 Å². The van der Waals surface area contributed by atoms with Gasteiger partial charge in [0.1, 0.15) is 0 Å². The van der Waals surface area contributed by atoms with Crippen molar-refractivity contribution in [1.29, 1.82) is 0 Å². The fourth-order valence-electron chi connectivity index (χ4n) is 3.20. The molecule has 0 spiro atoms. The second kappa shape index (κ2) is 8.22. The van der Waals surface area contributed by atoms with E-state index in [1.54, 1.807) is 16.2 Å². The summed E-state index contributed by atoms with van der Waals surface area (Å²) in [5.41, 5.74) is -1.16. The molecule has 2 aromatic rings. The molecule has 0 saturated carbocycles. The highest BCUT2D eigenvalue weighted by molar-refractivity contribution is 7.09. The summed E-state index contributed by atoms with van der Waals surface area (Å²) in [6.45, 7) is 1.44. The van der Waals surface area contributed by atoms with E-state index in [2.05, 4.69) is 0 Å². The molecule has 3 rings (SSSR count). The number of alkyl halides is 3. The molecule has 3 nitrogen and oxygen atoms in total. The fourth-order valence-corrected chi connectivity index (χ4v) is 3.90. The molecule has 7 heteroatoms. The van der Waals surface area contributed by atoms with Crippen LogP contribution in [0.3, 0.4) is 0 Å². The van der Waals surface area contributed by atoms with Crippen molar-refractivity contribution >= 4 is 17.2 Å². The van der Waals surface area contributed by atoms with Crippen LogP contribution in [0.2, 0.25) is 0 Å². The van der Waals surface area contributed by atoms with Gasteiger partial charge in [-0.3, -0.25) is 4.79 Å². The first-order chi connectivity index (χ1) is 12.5. The zero-order valence-corrected chi connectivity index (χ0v) is 15.0. The molecule has 0 bridgehead atoms. The Balaban J connectivity index is 1.86. The maximum absolute atomic E-state index is 13.3. The molecule has 1 aromatic heterocycles. The molecular formula is C19H20F3NO2S. The molecule has 26 heavy (non-hydrogen) atoms. The van der Waals surface area contributed by atoms with E-state index in [1.807, 2.05) is 17.5 Å². The number of hydrogen-bond donors (Lipinski definition) is 0. The lowest BCUT2D eigenvalue weighted by atomic mass is 10.0. The number of halogens is 3. The Morgan fingerprint density at radius 1 is 1.15 bits per heavy atom. The van der Waals surface area contributed by atoms with E-state index >= 15 is 0 Å². The van der Waals surface area contributed by atoms with Gasteiger partial charge in [0.2, 0.25) is 0 Å². The number of hydrogen-bond acceptors (Lipinski definition) is 3. The number of thiophene rings is 1. The minimum atomic E-state index is -4.55. The molecule has 0 unspecified atom stereocenters. The molecule has 1 aliphatic heterocycles. The van der Waals surface area contributed by atoms with Crippen LogP contribution < -0.4 is 0 Å². The van der Waals surface area contributed by atoms with Crippen molar-refractivity contribution in [2.24, 2.45) is 0 Å². The van der Waals surface area contributed by atoms with E-state index in [1.165, 1.54) is 18.2 Å². The molecule has 2 heterocycles. The van der Waals surface area contributed by atoms with Gasteiger partial charge in [0.15, 0.2) is 0 Å². The molecule has 140 valence electrons. The van der Waals surface area contributed by atoms with Crippen molar-refractivity contribution in [2.45, 2.75) is 31.5 Å². The molecule has 0 radical (unpaired) electrons. The Morgan fingerprint density at radius 3 is 2.54 bits per heavy atom. The molecule has 1 aliphatic rings. The molecule has 1 aromatic carbocycles. The van der Waals surface area contributed by atoms with Gasteiger partial charge >= 0.3 is 6.18 Å². The van der Waals surface area contributed by atoms with Gasteiger partial charge in [-0.25, -0.2) is 0 Å². The Kier molecular flexibility index (Phi) is 5.98. The summed E-state index contributed by atoms with van der Waals surface area (Å²) in [5.74, 6) is -0.554. The first-order valence-electron chi connectivity index (χ1n) is 8.54. The number of carbonyl (C=O) groups excluding carboxylic acids is 1. The van der Waals surface area contributed by atoms with Gasteiger partial charge in [-0.05, 0) is 42.8 Å². The third-order valence-electron chi connectivity index (χ3n) is 4.53. The van der Waals surface area contributed by atoms with Crippen LogP contribution in [0.5, 0.6) is 0 Å². The standard InChI is InChI=1S/C19H20F3NO2S/c20-19(21,22)17-6-2-1-5-16(17)18(24)23(14-8-11-25-12-9-14)10-7-15-4-3-13-26-15/h1-6,13-14H,7-12H2. The summed E-state index contributed by atoms with van der Waals surface area (Å²) in [5, 5.41) is 1.95. The maximum Gasteiger partial charge on any atom is 0.417 e. The lowest BCUT2D eigenvalue weighted by Gasteiger charge is -2.35.